The van der Waals surface area contributed by atoms with Gasteiger partial charge in [0.15, 0.2) is 0 Å². The van der Waals surface area contributed by atoms with Gasteiger partial charge in [0, 0.05) is 38.3 Å². The van der Waals surface area contributed by atoms with Crippen LogP contribution < -0.4 is 10.4 Å². The summed E-state index contributed by atoms with van der Waals surface area (Å²) in [5.74, 6) is 5.31. The maximum Gasteiger partial charge on any atom is 0.416 e. The molecule has 1 aliphatic rings. The minimum atomic E-state index is -4.39. The Morgan fingerprint density at radius 2 is 1.77 bits per heavy atom. The summed E-state index contributed by atoms with van der Waals surface area (Å²) < 4.78 is 64.7. The van der Waals surface area contributed by atoms with Crippen molar-refractivity contribution in [3.63, 3.8) is 0 Å². The molecule has 1 aromatic carbocycles. The van der Waals surface area contributed by atoms with Gasteiger partial charge < -0.3 is 10.1 Å². The molecule has 0 aromatic heterocycles. The van der Waals surface area contributed by atoms with Crippen molar-refractivity contribution in [3.8, 4) is 11.8 Å². The van der Waals surface area contributed by atoms with E-state index in [2.05, 4.69) is 18.8 Å². The lowest BCUT2D eigenvalue weighted by molar-refractivity contribution is -0.137. The topological polar surface area (TPSA) is 72.9 Å². The SMILES string of the molecule is CCCCCC#CC(CS(=O)(=O)N1CCN(c2ccc(C(F)(F)F)cc2)CC1)NO. The van der Waals surface area contributed by atoms with E-state index in [1.54, 1.807) is 0 Å². The Hall–Kier alpha value is -1.80. The molecule has 30 heavy (non-hydrogen) atoms. The van der Waals surface area contributed by atoms with E-state index >= 15 is 0 Å². The van der Waals surface area contributed by atoms with Crippen LogP contribution in [0.4, 0.5) is 18.9 Å². The Kier molecular flexibility index (Phi) is 8.97. The second-order valence-corrected chi connectivity index (χ2v) is 9.18. The summed E-state index contributed by atoms with van der Waals surface area (Å²) in [6.07, 6.45) is -0.691. The smallest absolute Gasteiger partial charge is 0.369 e. The Morgan fingerprint density at radius 1 is 1.13 bits per heavy atom. The number of nitrogens with zero attached hydrogens (tertiary/aromatic N) is 2. The number of rotatable bonds is 8. The quantitative estimate of drug-likeness (QED) is 0.364. The summed E-state index contributed by atoms with van der Waals surface area (Å²) in [4.78, 5) is 1.85. The molecule has 6 nitrogen and oxygen atoms in total. The molecule has 1 unspecified atom stereocenters. The summed E-state index contributed by atoms with van der Waals surface area (Å²) in [5, 5.41) is 9.24. The average molecular weight is 448 g/mol. The fraction of sp³-hybridized carbons (Fsp3) is 0.600. The molecule has 0 spiro atoms. The van der Waals surface area contributed by atoms with E-state index in [4.69, 9.17) is 0 Å². The van der Waals surface area contributed by atoms with Crippen LogP contribution in [0.5, 0.6) is 0 Å². The number of hydroxylamine groups is 1. The number of alkyl halides is 3. The minimum Gasteiger partial charge on any atom is -0.369 e. The third kappa shape index (κ3) is 7.16. The number of halogens is 3. The summed E-state index contributed by atoms with van der Waals surface area (Å²) in [6, 6.07) is 3.97. The highest BCUT2D eigenvalue weighted by Gasteiger charge is 2.31. The standard InChI is InChI=1S/C20H28F3N3O3S/c1-2-3-4-5-6-7-18(24-27)16-30(28,29)26-14-12-25(13-15-26)19-10-8-17(9-11-19)20(21,22)23/h8-11,18,24,27H,2-5,12-16H2,1H3. The average Bonchev–Trinajstić information content (AvgIpc) is 2.72. The highest BCUT2D eigenvalue weighted by molar-refractivity contribution is 7.89. The largest absolute Gasteiger partial charge is 0.416 e. The summed E-state index contributed by atoms with van der Waals surface area (Å²) in [7, 11) is -3.64. The molecule has 0 saturated carbocycles. The van der Waals surface area contributed by atoms with E-state index in [1.807, 2.05) is 10.4 Å². The summed E-state index contributed by atoms with van der Waals surface area (Å²) in [5.41, 5.74) is 1.86. The van der Waals surface area contributed by atoms with Crippen molar-refractivity contribution in [3.05, 3.63) is 29.8 Å². The fourth-order valence-electron chi connectivity index (χ4n) is 3.17. The molecule has 2 N–H and O–H groups in total. The highest BCUT2D eigenvalue weighted by Crippen LogP contribution is 2.30. The van der Waals surface area contributed by atoms with Crippen LogP contribution in [0.1, 0.15) is 38.2 Å². The summed E-state index contributed by atoms with van der Waals surface area (Å²) >= 11 is 0. The number of hydrogen-bond donors (Lipinski definition) is 2. The number of unbranched alkanes of at least 4 members (excludes halogenated alkanes) is 3. The van der Waals surface area contributed by atoms with E-state index in [-0.39, 0.29) is 18.8 Å². The first-order chi connectivity index (χ1) is 14.2. The van der Waals surface area contributed by atoms with Crippen LogP contribution in [0.25, 0.3) is 0 Å². The van der Waals surface area contributed by atoms with Crippen LogP contribution in [-0.4, -0.2) is 55.9 Å². The molecule has 1 aliphatic heterocycles. The third-order valence-electron chi connectivity index (χ3n) is 4.91. The van der Waals surface area contributed by atoms with Gasteiger partial charge in [-0.2, -0.15) is 23.0 Å². The van der Waals surface area contributed by atoms with Crippen molar-refractivity contribution in [2.24, 2.45) is 0 Å². The van der Waals surface area contributed by atoms with E-state index in [0.717, 1.165) is 31.4 Å². The lowest BCUT2D eigenvalue weighted by Crippen LogP contribution is -2.51. The van der Waals surface area contributed by atoms with Gasteiger partial charge in [0.1, 0.15) is 6.04 Å². The minimum absolute atomic E-state index is 0.214. The predicted octanol–water partition coefficient (Wildman–Crippen LogP) is 3.09. The monoisotopic (exact) mass is 447 g/mol. The van der Waals surface area contributed by atoms with Gasteiger partial charge >= 0.3 is 6.18 Å². The van der Waals surface area contributed by atoms with Gasteiger partial charge in [-0.15, -0.1) is 5.92 Å². The first-order valence-electron chi connectivity index (χ1n) is 9.95. The zero-order chi connectivity index (χ0) is 22.2. The van der Waals surface area contributed by atoms with Gasteiger partial charge in [-0.3, -0.25) is 0 Å². The van der Waals surface area contributed by atoms with Crippen LogP contribution in [-0.2, 0) is 16.2 Å². The van der Waals surface area contributed by atoms with Gasteiger partial charge in [-0.1, -0.05) is 25.7 Å². The van der Waals surface area contributed by atoms with Crippen molar-refractivity contribution in [1.82, 2.24) is 9.79 Å². The Morgan fingerprint density at radius 3 is 2.30 bits per heavy atom. The lowest BCUT2D eigenvalue weighted by atomic mass is 10.2. The second-order valence-electron chi connectivity index (χ2n) is 7.17. The van der Waals surface area contributed by atoms with Crippen molar-refractivity contribution in [2.45, 2.75) is 44.8 Å². The zero-order valence-electron chi connectivity index (χ0n) is 17.0. The van der Waals surface area contributed by atoms with E-state index in [9.17, 15) is 26.8 Å². The van der Waals surface area contributed by atoms with E-state index in [1.165, 1.54) is 16.4 Å². The number of hydrogen-bond acceptors (Lipinski definition) is 5. The summed E-state index contributed by atoms with van der Waals surface area (Å²) in [6.45, 7) is 3.24. The molecule has 1 heterocycles. The molecule has 2 rings (SSSR count). The van der Waals surface area contributed by atoms with Crippen LogP contribution in [0, 0.1) is 11.8 Å². The van der Waals surface area contributed by atoms with Gasteiger partial charge in [-0.25, -0.2) is 8.42 Å². The van der Waals surface area contributed by atoms with Crippen LogP contribution in [0.15, 0.2) is 24.3 Å². The maximum atomic E-state index is 12.7. The van der Waals surface area contributed by atoms with Gasteiger partial charge in [0.25, 0.3) is 0 Å². The van der Waals surface area contributed by atoms with E-state index < -0.39 is 27.8 Å². The molecule has 0 aliphatic carbocycles. The second kappa shape index (κ2) is 11.0. The van der Waals surface area contributed by atoms with Gasteiger partial charge in [0.2, 0.25) is 10.0 Å². The first kappa shape index (κ1) is 24.5. The van der Waals surface area contributed by atoms with Crippen molar-refractivity contribution in [2.75, 3.05) is 36.8 Å². The van der Waals surface area contributed by atoms with Crippen LogP contribution in [0.3, 0.4) is 0 Å². The first-order valence-corrected chi connectivity index (χ1v) is 11.6. The Balaban J connectivity index is 1.91. The number of piperazine rings is 1. The molecule has 10 heteroatoms. The Labute approximate surface area is 176 Å². The number of benzene rings is 1. The van der Waals surface area contributed by atoms with E-state index in [0.29, 0.717) is 25.2 Å². The molecular weight excluding hydrogens is 419 g/mol. The Bertz CT molecular complexity index is 825. The van der Waals surface area contributed by atoms with Crippen molar-refractivity contribution in [1.29, 1.82) is 0 Å². The molecule has 1 fully saturated rings. The molecule has 0 radical (unpaired) electrons. The maximum absolute atomic E-state index is 12.7. The van der Waals surface area contributed by atoms with Crippen LogP contribution in [0.2, 0.25) is 0 Å². The number of anilines is 1. The molecular formula is C20H28F3N3O3S. The molecule has 168 valence electrons. The van der Waals surface area contributed by atoms with Crippen LogP contribution >= 0.6 is 0 Å². The zero-order valence-corrected chi connectivity index (χ0v) is 17.8. The van der Waals surface area contributed by atoms with Crippen molar-refractivity contribution >= 4 is 15.7 Å². The normalized spacial score (nSPS) is 16.8. The molecule has 0 amide bonds. The molecule has 1 aromatic rings. The number of nitrogens with one attached hydrogen (secondary N) is 1. The van der Waals surface area contributed by atoms with Crippen molar-refractivity contribution < 1.29 is 26.8 Å². The lowest BCUT2D eigenvalue weighted by Gasteiger charge is -2.35. The van der Waals surface area contributed by atoms with Gasteiger partial charge in [0.05, 0.1) is 11.3 Å². The fourth-order valence-corrected chi connectivity index (χ4v) is 4.68. The number of sulfonamides is 1. The predicted molar refractivity (Wildman–Crippen MR) is 110 cm³/mol. The molecule has 1 atom stereocenters. The molecule has 1 saturated heterocycles. The highest BCUT2D eigenvalue weighted by atomic mass is 32.2. The third-order valence-corrected chi connectivity index (χ3v) is 6.81. The van der Waals surface area contributed by atoms with Gasteiger partial charge in [-0.05, 0) is 30.7 Å². The molecule has 0 bridgehead atoms.